The van der Waals surface area contributed by atoms with Crippen LogP contribution in [-0.2, 0) is 0 Å². The van der Waals surface area contributed by atoms with Gasteiger partial charge in [0, 0.05) is 17.1 Å². The highest BCUT2D eigenvalue weighted by Gasteiger charge is 2.14. The van der Waals surface area contributed by atoms with E-state index in [1.165, 1.54) is 33.6 Å². The molecular formula is C26H31NO. The van der Waals surface area contributed by atoms with Gasteiger partial charge in [-0.05, 0) is 105 Å². The Bertz CT molecular complexity index is 876. The van der Waals surface area contributed by atoms with Crippen molar-refractivity contribution in [3.63, 3.8) is 0 Å². The Kier molecular flexibility index (Phi) is 6.41. The van der Waals surface area contributed by atoms with E-state index >= 15 is 0 Å². The molecule has 0 saturated carbocycles. The van der Waals surface area contributed by atoms with Crippen LogP contribution in [0, 0.1) is 27.7 Å². The van der Waals surface area contributed by atoms with Crippen LogP contribution >= 0.6 is 0 Å². The van der Waals surface area contributed by atoms with Gasteiger partial charge >= 0.3 is 0 Å². The van der Waals surface area contributed by atoms with Crippen LogP contribution in [0.1, 0.15) is 42.0 Å². The van der Waals surface area contributed by atoms with Crippen molar-refractivity contribution in [1.29, 1.82) is 0 Å². The molecule has 0 aromatic heterocycles. The molecule has 0 saturated heterocycles. The molecule has 2 heteroatoms. The van der Waals surface area contributed by atoms with Crippen molar-refractivity contribution in [1.82, 2.24) is 0 Å². The van der Waals surface area contributed by atoms with E-state index in [-0.39, 0.29) is 0 Å². The molecular weight excluding hydrogens is 342 g/mol. The van der Waals surface area contributed by atoms with E-state index in [0.29, 0.717) is 0 Å². The number of anilines is 3. The lowest BCUT2D eigenvalue weighted by molar-refractivity contribution is 0.309. The third kappa shape index (κ3) is 4.56. The summed E-state index contributed by atoms with van der Waals surface area (Å²) in [7, 11) is 0. The Morgan fingerprint density at radius 2 is 1.14 bits per heavy atom. The van der Waals surface area contributed by atoms with Crippen molar-refractivity contribution in [2.45, 2.75) is 47.5 Å². The average Bonchev–Trinajstić information content (AvgIpc) is 2.69. The first-order valence-electron chi connectivity index (χ1n) is 10.2. The molecule has 0 aliphatic carbocycles. The molecule has 0 radical (unpaired) electrons. The van der Waals surface area contributed by atoms with Gasteiger partial charge in [-0.3, -0.25) is 0 Å². The molecule has 146 valence electrons. The van der Waals surface area contributed by atoms with Crippen LogP contribution in [-0.4, -0.2) is 6.61 Å². The Morgan fingerprint density at radius 3 is 1.61 bits per heavy atom. The highest BCUT2D eigenvalue weighted by atomic mass is 16.5. The molecule has 0 aliphatic heterocycles. The third-order valence-electron chi connectivity index (χ3n) is 5.36. The summed E-state index contributed by atoms with van der Waals surface area (Å²) in [4.78, 5) is 2.31. The minimum Gasteiger partial charge on any atom is -0.494 e. The average molecular weight is 374 g/mol. The quantitative estimate of drug-likeness (QED) is 0.396. The highest BCUT2D eigenvalue weighted by molar-refractivity contribution is 5.77. The van der Waals surface area contributed by atoms with Gasteiger partial charge in [-0.25, -0.2) is 0 Å². The topological polar surface area (TPSA) is 12.5 Å². The number of rotatable bonds is 7. The van der Waals surface area contributed by atoms with Crippen molar-refractivity contribution in [3.8, 4) is 5.75 Å². The van der Waals surface area contributed by atoms with Crippen molar-refractivity contribution >= 4 is 17.1 Å². The fraction of sp³-hybridized carbons (Fsp3) is 0.308. The molecule has 0 amide bonds. The van der Waals surface area contributed by atoms with Crippen molar-refractivity contribution in [2.24, 2.45) is 0 Å². The number of aryl methyl sites for hydroxylation is 4. The lowest BCUT2D eigenvalue weighted by Crippen LogP contribution is -2.11. The Labute approximate surface area is 169 Å². The summed E-state index contributed by atoms with van der Waals surface area (Å²) >= 11 is 0. The second-order valence-electron chi connectivity index (χ2n) is 7.57. The summed E-state index contributed by atoms with van der Waals surface area (Å²) < 4.78 is 5.84. The third-order valence-corrected chi connectivity index (χ3v) is 5.36. The van der Waals surface area contributed by atoms with Crippen LogP contribution in [0.2, 0.25) is 0 Å². The first kappa shape index (κ1) is 20.0. The number of hydrogen-bond acceptors (Lipinski definition) is 2. The fourth-order valence-corrected chi connectivity index (χ4v) is 3.20. The lowest BCUT2D eigenvalue weighted by Gasteiger charge is -2.27. The van der Waals surface area contributed by atoms with Crippen LogP contribution < -0.4 is 9.64 Å². The Hall–Kier alpha value is -2.74. The first-order chi connectivity index (χ1) is 13.5. The summed E-state index contributed by atoms with van der Waals surface area (Å²) in [6.45, 7) is 11.6. The minimum atomic E-state index is 0.772. The number of nitrogens with zero attached hydrogens (tertiary/aromatic N) is 1. The molecule has 0 unspecified atom stereocenters. The number of unbranched alkanes of at least 4 members (excludes halogenated alkanes) is 1. The maximum Gasteiger partial charge on any atom is 0.119 e. The van der Waals surface area contributed by atoms with Gasteiger partial charge in [0.05, 0.1) is 6.61 Å². The van der Waals surface area contributed by atoms with Gasteiger partial charge in [0.2, 0.25) is 0 Å². The van der Waals surface area contributed by atoms with E-state index in [2.05, 4.69) is 100 Å². The van der Waals surface area contributed by atoms with Gasteiger partial charge in [-0.1, -0.05) is 25.5 Å². The van der Waals surface area contributed by atoms with Crippen LogP contribution in [0.3, 0.4) is 0 Å². The predicted molar refractivity (Wildman–Crippen MR) is 120 cm³/mol. The van der Waals surface area contributed by atoms with E-state index in [0.717, 1.165) is 30.9 Å². The van der Waals surface area contributed by atoms with Crippen LogP contribution in [0.5, 0.6) is 5.75 Å². The number of benzene rings is 3. The maximum absolute atomic E-state index is 5.84. The van der Waals surface area contributed by atoms with Gasteiger partial charge < -0.3 is 9.64 Å². The number of ether oxygens (including phenoxy) is 1. The largest absolute Gasteiger partial charge is 0.494 e. The Morgan fingerprint density at radius 1 is 0.643 bits per heavy atom. The molecule has 28 heavy (non-hydrogen) atoms. The second kappa shape index (κ2) is 8.97. The molecule has 2 nitrogen and oxygen atoms in total. The molecule has 0 aliphatic rings. The van der Waals surface area contributed by atoms with Gasteiger partial charge in [-0.2, -0.15) is 0 Å². The zero-order valence-electron chi connectivity index (χ0n) is 17.8. The maximum atomic E-state index is 5.84. The van der Waals surface area contributed by atoms with Gasteiger partial charge in [0.1, 0.15) is 5.75 Å². The molecule has 0 bridgehead atoms. The Balaban J connectivity index is 2.00. The SMILES string of the molecule is CCCCOc1ccc(N(c2ccc(C)c(C)c2)c2ccc(C)c(C)c2)cc1. The summed E-state index contributed by atoms with van der Waals surface area (Å²) in [5.74, 6) is 0.928. The molecule has 0 atom stereocenters. The molecule has 0 spiro atoms. The monoisotopic (exact) mass is 373 g/mol. The molecule has 0 fully saturated rings. The zero-order valence-corrected chi connectivity index (χ0v) is 17.8. The first-order valence-corrected chi connectivity index (χ1v) is 10.2. The standard InChI is InChI=1S/C26H31NO/c1-6-7-16-28-26-14-12-23(13-15-26)27(24-10-8-19(2)21(4)17-24)25-11-9-20(3)22(5)18-25/h8-15,17-18H,6-7,16H2,1-5H3. The summed E-state index contributed by atoms with van der Waals surface area (Å²) in [6, 6.07) is 21.7. The van der Waals surface area contributed by atoms with Gasteiger partial charge in [0.15, 0.2) is 0 Å². The molecule has 0 N–H and O–H groups in total. The fourth-order valence-electron chi connectivity index (χ4n) is 3.20. The van der Waals surface area contributed by atoms with Crippen molar-refractivity contribution in [3.05, 3.63) is 82.9 Å². The lowest BCUT2D eigenvalue weighted by atomic mass is 10.1. The smallest absolute Gasteiger partial charge is 0.119 e. The normalized spacial score (nSPS) is 10.8. The molecule has 3 aromatic rings. The van der Waals surface area contributed by atoms with E-state index < -0.39 is 0 Å². The van der Waals surface area contributed by atoms with Crippen LogP contribution in [0.15, 0.2) is 60.7 Å². The van der Waals surface area contributed by atoms with Crippen molar-refractivity contribution < 1.29 is 4.74 Å². The van der Waals surface area contributed by atoms with Gasteiger partial charge in [0.25, 0.3) is 0 Å². The van der Waals surface area contributed by atoms with Crippen LogP contribution in [0.4, 0.5) is 17.1 Å². The van der Waals surface area contributed by atoms with E-state index in [9.17, 15) is 0 Å². The summed E-state index contributed by atoms with van der Waals surface area (Å²) in [6.07, 6.45) is 2.23. The number of hydrogen-bond donors (Lipinski definition) is 0. The van der Waals surface area contributed by atoms with Gasteiger partial charge in [-0.15, -0.1) is 0 Å². The summed E-state index contributed by atoms with van der Waals surface area (Å²) in [5, 5.41) is 0. The van der Waals surface area contributed by atoms with E-state index in [4.69, 9.17) is 4.74 Å². The zero-order chi connectivity index (χ0) is 20.1. The van der Waals surface area contributed by atoms with Crippen LogP contribution in [0.25, 0.3) is 0 Å². The van der Waals surface area contributed by atoms with E-state index in [1.807, 2.05) is 0 Å². The molecule has 3 rings (SSSR count). The van der Waals surface area contributed by atoms with E-state index in [1.54, 1.807) is 0 Å². The summed E-state index contributed by atoms with van der Waals surface area (Å²) in [5.41, 5.74) is 8.69. The molecule has 3 aromatic carbocycles. The highest BCUT2D eigenvalue weighted by Crippen LogP contribution is 2.36. The second-order valence-corrected chi connectivity index (χ2v) is 7.57. The minimum absolute atomic E-state index is 0.772. The molecule has 0 heterocycles. The predicted octanol–water partition coefficient (Wildman–Crippen LogP) is 7.57. The van der Waals surface area contributed by atoms with Crippen molar-refractivity contribution in [2.75, 3.05) is 11.5 Å².